The molecule has 2 amide bonds. The lowest BCUT2D eigenvalue weighted by atomic mass is 10.1. The molecule has 0 saturated carbocycles. The predicted octanol–water partition coefficient (Wildman–Crippen LogP) is 4.90. The summed E-state index contributed by atoms with van der Waals surface area (Å²) in [6, 6.07) is 11.1. The summed E-state index contributed by atoms with van der Waals surface area (Å²) in [6.45, 7) is 0.568. The van der Waals surface area contributed by atoms with Crippen molar-refractivity contribution in [1.82, 2.24) is 9.88 Å². The molecule has 1 fully saturated rings. The Labute approximate surface area is 169 Å². The van der Waals surface area contributed by atoms with Gasteiger partial charge in [0.2, 0.25) is 0 Å². The lowest BCUT2D eigenvalue weighted by Gasteiger charge is -2.07. The number of rotatable bonds is 3. The van der Waals surface area contributed by atoms with Gasteiger partial charge in [-0.1, -0.05) is 29.3 Å². The number of nitrogen functional groups attached to an aromatic ring is 1. The van der Waals surface area contributed by atoms with Crippen molar-refractivity contribution in [1.29, 1.82) is 0 Å². The zero-order chi connectivity index (χ0) is 19.1. The number of fused-ring (bicyclic) bond motifs is 1. The highest BCUT2D eigenvalue weighted by Crippen LogP contribution is 2.31. The molecule has 1 aromatic heterocycles. The zero-order valence-electron chi connectivity index (χ0n) is 13.8. The Bertz CT molecular complexity index is 1140. The quantitative estimate of drug-likeness (QED) is 0.469. The minimum absolute atomic E-state index is 0.357. The van der Waals surface area contributed by atoms with E-state index in [1.54, 1.807) is 12.1 Å². The molecule has 0 spiro atoms. The minimum Gasteiger partial charge on any atom is -0.399 e. The highest BCUT2D eigenvalue weighted by molar-refractivity contribution is 8.18. The van der Waals surface area contributed by atoms with Crippen molar-refractivity contribution in [3.8, 4) is 0 Å². The van der Waals surface area contributed by atoms with Crippen LogP contribution in [0.2, 0.25) is 10.0 Å². The number of hydrogen-bond donors (Lipinski definition) is 2. The molecule has 1 saturated heterocycles. The molecule has 4 rings (SSSR count). The first-order chi connectivity index (χ1) is 12.9. The summed E-state index contributed by atoms with van der Waals surface area (Å²) < 4.78 is 2.04. The number of anilines is 1. The fraction of sp³-hybridized carbons (Fsp3) is 0.0526. The average Bonchev–Trinajstić information content (AvgIpc) is 3.11. The summed E-state index contributed by atoms with van der Waals surface area (Å²) in [4.78, 5) is 23.7. The van der Waals surface area contributed by atoms with Crippen LogP contribution in [0.25, 0.3) is 17.0 Å². The Balaban J connectivity index is 1.80. The molecule has 27 heavy (non-hydrogen) atoms. The number of nitrogens with one attached hydrogen (secondary N) is 1. The van der Waals surface area contributed by atoms with Gasteiger partial charge < -0.3 is 10.3 Å². The number of carbonyl (C=O) groups is 2. The van der Waals surface area contributed by atoms with Crippen LogP contribution in [-0.2, 0) is 11.3 Å². The molecule has 0 bridgehead atoms. The smallest absolute Gasteiger partial charge is 0.290 e. The van der Waals surface area contributed by atoms with Crippen LogP contribution in [0.1, 0.15) is 11.1 Å². The highest BCUT2D eigenvalue weighted by atomic mass is 35.5. The van der Waals surface area contributed by atoms with E-state index in [2.05, 4.69) is 5.32 Å². The van der Waals surface area contributed by atoms with Crippen molar-refractivity contribution < 1.29 is 9.59 Å². The summed E-state index contributed by atoms with van der Waals surface area (Å²) in [6.07, 6.45) is 3.63. The molecule has 0 atom stereocenters. The third-order valence-electron chi connectivity index (χ3n) is 4.20. The SMILES string of the molecule is Nc1ccc2c(c1)c(/C=C1\SC(=O)NC1=O)cn2Cc1ccc(Cl)c(Cl)c1. The van der Waals surface area contributed by atoms with Crippen LogP contribution in [0.5, 0.6) is 0 Å². The first-order valence-corrected chi connectivity index (χ1v) is 9.55. The van der Waals surface area contributed by atoms with E-state index in [0.717, 1.165) is 33.8 Å². The van der Waals surface area contributed by atoms with Gasteiger partial charge in [0, 0.05) is 34.9 Å². The van der Waals surface area contributed by atoms with E-state index < -0.39 is 0 Å². The largest absolute Gasteiger partial charge is 0.399 e. The molecular formula is C19H13Cl2N3O2S. The third kappa shape index (κ3) is 3.56. The maximum absolute atomic E-state index is 11.9. The second kappa shape index (κ2) is 6.96. The van der Waals surface area contributed by atoms with Gasteiger partial charge in [0.05, 0.1) is 15.0 Å². The number of thioether (sulfide) groups is 1. The van der Waals surface area contributed by atoms with E-state index in [1.807, 2.05) is 41.1 Å². The van der Waals surface area contributed by atoms with Crippen LogP contribution in [-0.4, -0.2) is 15.7 Å². The molecule has 8 heteroatoms. The van der Waals surface area contributed by atoms with Crippen molar-refractivity contribution in [3.63, 3.8) is 0 Å². The Hall–Kier alpha value is -2.41. The van der Waals surface area contributed by atoms with E-state index in [0.29, 0.717) is 27.2 Å². The zero-order valence-corrected chi connectivity index (χ0v) is 16.2. The maximum Gasteiger partial charge on any atom is 0.290 e. The Morgan fingerprint density at radius 2 is 1.93 bits per heavy atom. The molecule has 3 N–H and O–H groups in total. The summed E-state index contributed by atoms with van der Waals surface area (Å²) in [5.74, 6) is -0.390. The normalized spacial score (nSPS) is 15.7. The van der Waals surface area contributed by atoms with Crippen LogP contribution in [0.3, 0.4) is 0 Å². The number of hydrogen-bond acceptors (Lipinski definition) is 4. The van der Waals surface area contributed by atoms with Crippen molar-refractivity contribution in [2.75, 3.05) is 5.73 Å². The topological polar surface area (TPSA) is 77.1 Å². The van der Waals surface area contributed by atoms with Gasteiger partial charge in [-0.05, 0) is 53.7 Å². The summed E-state index contributed by atoms with van der Waals surface area (Å²) in [5, 5.41) is 3.79. The lowest BCUT2D eigenvalue weighted by molar-refractivity contribution is -0.115. The molecule has 1 aliphatic heterocycles. The van der Waals surface area contributed by atoms with Gasteiger partial charge in [0.15, 0.2) is 0 Å². The number of amides is 2. The molecule has 2 aromatic carbocycles. The number of nitrogens with zero attached hydrogens (tertiary/aromatic N) is 1. The van der Waals surface area contributed by atoms with Crippen molar-refractivity contribution in [2.45, 2.75) is 6.54 Å². The fourth-order valence-electron chi connectivity index (χ4n) is 2.99. The van der Waals surface area contributed by atoms with Crippen molar-refractivity contribution in [2.24, 2.45) is 0 Å². The number of imide groups is 1. The number of halogens is 2. The fourth-order valence-corrected chi connectivity index (χ4v) is 3.98. The Morgan fingerprint density at radius 1 is 1.11 bits per heavy atom. The monoisotopic (exact) mass is 417 g/mol. The van der Waals surface area contributed by atoms with Gasteiger partial charge in [-0.25, -0.2) is 0 Å². The van der Waals surface area contributed by atoms with Gasteiger partial charge in [-0.2, -0.15) is 0 Å². The van der Waals surface area contributed by atoms with Crippen LogP contribution in [0.15, 0.2) is 47.5 Å². The van der Waals surface area contributed by atoms with E-state index in [4.69, 9.17) is 28.9 Å². The van der Waals surface area contributed by atoms with Crippen LogP contribution in [0.4, 0.5) is 10.5 Å². The molecule has 1 aliphatic rings. The molecular weight excluding hydrogens is 405 g/mol. The summed E-state index contributed by atoms with van der Waals surface area (Å²) >= 11 is 13.0. The molecule has 2 heterocycles. The van der Waals surface area contributed by atoms with Crippen LogP contribution in [0, 0.1) is 0 Å². The van der Waals surface area contributed by atoms with E-state index >= 15 is 0 Å². The van der Waals surface area contributed by atoms with Gasteiger partial charge in [-0.3, -0.25) is 14.9 Å². The van der Waals surface area contributed by atoms with Gasteiger partial charge >= 0.3 is 0 Å². The van der Waals surface area contributed by atoms with E-state index in [-0.39, 0.29) is 11.1 Å². The van der Waals surface area contributed by atoms with Crippen molar-refractivity contribution >= 4 is 68.8 Å². The third-order valence-corrected chi connectivity index (χ3v) is 5.75. The molecule has 5 nitrogen and oxygen atoms in total. The average molecular weight is 418 g/mol. The van der Waals surface area contributed by atoms with Crippen LogP contribution < -0.4 is 11.1 Å². The second-order valence-electron chi connectivity index (χ2n) is 6.09. The summed E-state index contributed by atoms with van der Waals surface area (Å²) in [5.41, 5.74) is 9.32. The van der Waals surface area contributed by atoms with E-state index in [9.17, 15) is 9.59 Å². The number of carbonyl (C=O) groups excluding carboxylic acids is 2. The molecule has 0 aliphatic carbocycles. The summed E-state index contributed by atoms with van der Waals surface area (Å²) in [7, 11) is 0. The Kier molecular flexibility index (Phi) is 4.63. The number of nitrogens with two attached hydrogens (primary N) is 1. The van der Waals surface area contributed by atoms with E-state index in [1.165, 1.54) is 0 Å². The molecule has 0 unspecified atom stereocenters. The van der Waals surface area contributed by atoms with Crippen molar-refractivity contribution in [3.05, 3.63) is 68.7 Å². The first kappa shape index (κ1) is 18.0. The number of benzene rings is 2. The van der Waals surface area contributed by atoms with Gasteiger partial charge in [-0.15, -0.1) is 0 Å². The standard InChI is InChI=1S/C19H13Cl2N3O2S/c20-14-3-1-10(5-15(14)21)8-24-9-11(6-17-18(25)23-19(26)27-17)13-7-12(22)2-4-16(13)24/h1-7,9H,8,22H2,(H,23,25,26)/b17-6-. The van der Waals surface area contributed by atoms with Crippen LogP contribution >= 0.6 is 35.0 Å². The Morgan fingerprint density at radius 3 is 2.63 bits per heavy atom. The minimum atomic E-state index is -0.390. The first-order valence-electron chi connectivity index (χ1n) is 7.98. The molecule has 0 radical (unpaired) electrons. The lowest BCUT2D eigenvalue weighted by Crippen LogP contribution is -2.17. The van der Waals surface area contributed by atoms with Gasteiger partial charge in [0.1, 0.15) is 0 Å². The molecule has 136 valence electrons. The maximum atomic E-state index is 11.9. The highest BCUT2D eigenvalue weighted by Gasteiger charge is 2.25. The van der Waals surface area contributed by atoms with Gasteiger partial charge in [0.25, 0.3) is 11.1 Å². The predicted molar refractivity (Wildman–Crippen MR) is 111 cm³/mol. The second-order valence-corrected chi connectivity index (χ2v) is 7.92. The number of aromatic nitrogens is 1. The molecule has 3 aromatic rings.